The lowest BCUT2D eigenvalue weighted by Crippen LogP contribution is -2.44. The van der Waals surface area contributed by atoms with Crippen LogP contribution in [-0.4, -0.2) is 69.4 Å². The number of aliphatic imine (C=N–C) groups is 1. The average Bonchev–Trinajstić information content (AvgIpc) is 2.91. The van der Waals surface area contributed by atoms with Gasteiger partial charge in [-0.25, -0.2) is 9.79 Å². The maximum Gasteiger partial charge on any atom is 0.349 e. The molecule has 27 heavy (non-hydrogen) atoms. The largest absolute Gasteiger partial charge is 0.416 e. The molecule has 1 unspecified atom stereocenters. The molecule has 2 aliphatic rings. The van der Waals surface area contributed by atoms with E-state index in [1.54, 1.807) is 6.92 Å². The van der Waals surface area contributed by atoms with E-state index in [0.717, 1.165) is 30.8 Å². The van der Waals surface area contributed by atoms with Gasteiger partial charge in [-0.15, -0.1) is 10.2 Å². The molecule has 1 fully saturated rings. The van der Waals surface area contributed by atoms with Crippen molar-refractivity contribution in [3.63, 3.8) is 0 Å². The number of hydrogen-bond acceptors (Lipinski definition) is 7. The Labute approximate surface area is 161 Å². The van der Waals surface area contributed by atoms with E-state index in [0.29, 0.717) is 10.9 Å². The summed E-state index contributed by atoms with van der Waals surface area (Å²) < 4.78 is 5.57. The molecule has 10 heteroatoms. The van der Waals surface area contributed by atoms with E-state index < -0.39 is 11.9 Å². The van der Waals surface area contributed by atoms with E-state index in [9.17, 15) is 14.4 Å². The monoisotopic (exact) mass is 393 g/mol. The molecule has 9 nitrogen and oxygen atoms in total. The molecule has 146 valence electrons. The summed E-state index contributed by atoms with van der Waals surface area (Å²) >= 11 is 1.20. The molecule has 1 atom stereocenters. The first kappa shape index (κ1) is 19.5. The van der Waals surface area contributed by atoms with Gasteiger partial charge >= 0.3 is 6.03 Å². The molecule has 0 saturated carbocycles. The molecule has 1 aromatic heterocycles. The Morgan fingerprint density at radius 1 is 1.19 bits per heavy atom. The summed E-state index contributed by atoms with van der Waals surface area (Å²) in [5, 5.41) is 8.20. The Morgan fingerprint density at radius 2 is 1.89 bits per heavy atom. The van der Waals surface area contributed by atoms with Crippen molar-refractivity contribution < 1.29 is 18.8 Å². The molecule has 3 rings (SSSR count). The first-order valence-corrected chi connectivity index (χ1v) is 10.0. The molecule has 0 aliphatic carbocycles. The topological polar surface area (TPSA) is 109 Å². The first-order chi connectivity index (χ1) is 13.0. The molecular weight excluding hydrogens is 370 g/mol. The third-order valence-electron chi connectivity index (χ3n) is 4.80. The van der Waals surface area contributed by atoms with Crippen LogP contribution in [0.2, 0.25) is 0 Å². The summed E-state index contributed by atoms with van der Waals surface area (Å²) in [4.78, 5) is 42.9. The number of thioether (sulfide) groups is 1. The molecule has 4 amide bonds. The maximum atomic E-state index is 12.3. The molecule has 0 radical (unpaired) electrons. The third kappa shape index (κ3) is 4.74. The number of rotatable bonds is 5. The Kier molecular flexibility index (Phi) is 6.25. The lowest BCUT2D eigenvalue weighted by molar-refractivity contribution is -0.130. The van der Waals surface area contributed by atoms with Crippen molar-refractivity contribution in [2.45, 2.75) is 44.3 Å². The molecule has 0 N–H and O–H groups in total. The molecule has 0 aromatic carbocycles. The quantitative estimate of drug-likeness (QED) is 0.701. The van der Waals surface area contributed by atoms with Gasteiger partial charge in [0.05, 0.1) is 11.7 Å². The van der Waals surface area contributed by atoms with E-state index in [4.69, 9.17) is 4.42 Å². The fourth-order valence-electron chi connectivity index (χ4n) is 3.13. The fourth-order valence-corrected chi connectivity index (χ4v) is 3.82. The fraction of sp³-hybridized carbons (Fsp3) is 0.647. The minimum Gasteiger partial charge on any atom is -0.416 e. The standard InChI is InChI=1S/C17H23N5O4S/c1-11-12(15(24)21(2)16(25)18-11)9-13-19-20-17(26-13)27-10-14(23)22-7-5-3-4-6-8-22/h12H,3-10H2,1-2H3. The van der Waals surface area contributed by atoms with E-state index >= 15 is 0 Å². The van der Waals surface area contributed by atoms with Crippen molar-refractivity contribution in [1.29, 1.82) is 0 Å². The molecule has 3 heterocycles. The van der Waals surface area contributed by atoms with Gasteiger partial charge in [0.1, 0.15) is 0 Å². The molecule has 0 bridgehead atoms. The molecule has 0 spiro atoms. The number of carbonyl (C=O) groups excluding carboxylic acids is 3. The summed E-state index contributed by atoms with van der Waals surface area (Å²) in [6, 6.07) is -0.567. The highest BCUT2D eigenvalue weighted by molar-refractivity contribution is 7.99. The van der Waals surface area contributed by atoms with Gasteiger partial charge in [0.15, 0.2) is 0 Å². The molecule has 2 aliphatic heterocycles. The van der Waals surface area contributed by atoms with E-state index in [1.807, 2.05) is 4.90 Å². The van der Waals surface area contributed by atoms with Crippen LogP contribution >= 0.6 is 11.8 Å². The smallest absolute Gasteiger partial charge is 0.349 e. The van der Waals surface area contributed by atoms with Gasteiger partial charge in [0, 0.05) is 32.3 Å². The van der Waals surface area contributed by atoms with Crippen LogP contribution in [-0.2, 0) is 16.0 Å². The lowest BCUT2D eigenvalue weighted by Gasteiger charge is -2.24. The molecule has 1 saturated heterocycles. The van der Waals surface area contributed by atoms with Crippen LogP contribution in [0.3, 0.4) is 0 Å². The second kappa shape index (κ2) is 8.64. The van der Waals surface area contributed by atoms with Crippen molar-refractivity contribution in [2.75, 3.05) is 25.9 Å². The van der Waals surface area contributed by atoms with Crippen molar-refractivity contribution in [1.82, 2.24) is 20.0 Å². The van der Waals surface area contributed by atoms with Crippen LogP contribution in [0.1, 0.15) is 38.5 Å². The van der Waals surface area contributed by atoms with Gasteiger partial charge < -0.3 is 9.32 Å². The number of urea groups is 1. The maximum absolute atomic E-state index is 12.3. The van der Waals surface area contributed by atoms with Crippen LogP contribution in [0.15, 0.2) is 14.6 Å². The summed E-state index contributed by atoms with van der Waals surface area (Å²) in [6.07, 6.45) is 4.63. The summed E-state index contributed by atoms with van der Waals surface area (Å²) in [5.74, 6) is -0.314. The predicted molar refractivity (Wildman–Crippen MR) is 98.5 cm³/mol. The average molecular weight is 393 g/mol. The summed E-state index contributed by atoms with van der Waals surface area (Å²) in [5.41, 5.74) is 0.437. The zero-order valence-electron chi connectivity index (χ0n) is 15.5. The highest BCUT2D eigenvalue weighted by Gasteiger charge is 2.34. The highest BCUT2D eigenvalue weighted by Crippen LogP contribution is 2.22. The number of hydrogen-bond donors (Lipinski definition) is 0. The number of likely N-dealkylation sites (tertiary alicyclic amines) is 1. The van der Waals surface area contributed by atoms with Gasteiger partial charge in [0.2, 0.25) is 17.7 Å². The Morgan fingerprint density at radius 3 is 2.59 bits per heavy atom. The van der Waals surface area contributed by atoms with Gasteiger partial charge in [0.25, 0.3) is 5.22 Å². The van der Waals surface area contributed by atoms with Crippen LogP contribution < -0.4 is 0 Å². The van der Waals surface area contributed by atoms with Gasteiger partial charge in [-0.2, -0.15) is 0 Å². The number of amides is 4. The third-order valence-corrected chi connectivity index (χ3v) is 5.60. The normalized spacial score (nSPS) is 21.3. The molecular formula is C17H23N5O4S. The molecule has 1 aromatic rings. The highest BCUT2D eigenvalue weighted by atomic mass is 32.2. The van der Waals surface area contributed by atoms with E-state index in [-0.39, 0.29) is 29.9 Å². The number of nitrogens with zero attached hydrogens (tertiary/aromatic N) is 5. The Balaban J connectivity index is 1.55. The lowest BCUT2D eigenvalue weighted by atomic mass is 9.97. The number of aromatic nitrogens is 2. The SMILES string of the molecule is CC1=NC(=O)N(C)C(=O)C1Cc1nnc(SCC(=O)N2CCCCCC2)o1. The Bertz CT molecular complexity index is 754. The number of imide groups is 1. The van der Waals surface area contributed by atoms with Crippen LogP contribution in [0.25, 0.3) is 0 Å². The van der Waals surface area contributed by atoms with Crippen LogP contribution in [0, 0.1) is 5.92 Å². The number of carbonyl (C=O) groups is 3. The second-order valence-corrected chi connectivity index (χ2v) is 7.66. The Hall–Kier alpha value is -2.23. The van der Waals surface area contributed by atoms with Crippen molar-refractivity contribution in [2.24, 2.45) is 10.9 Å². The van der Waals surface area contributed by atoms with E-state index in [1.165, 1.54) is 31.7 Å². The second-order valence-electron chi connectivity index (χ2n) is 6.74. The van der Waals surface area contributed by atoms with Crippen molar-refractivity contribution >= 4 is 35.3 Å². The summed E-state index contributed by atoms with van der Waals surface area (Å²) in [7, 11) is 1.40. The van der Waals surface area contributed by atoms with Crippen LogP contribution in [0.4, 0.5) is 4.79 Å². The van der Waals surface area contributed by atoms with Gasteiger partial charge in [-0.3, -0.25) is 14.5 Å². The minimum absolute atomic E-state index is 0.0761. The predicted octanol–water partition coefficient (Wildman–Crippen LogP) is 1.78. The summed E-state index contributed by atoms with van der Waals surface area (Å²) in [6.45, 7) is 3.26. The first-order valence-electron chi connectivity index (χ1n) is 9.05. The van der Waals surface area contributed by atoms with Crippen molar-refractivity contribution in [3.8, 4) is 0 Å². The van der Waals surface area contributed by atoms with E-state index in [2.05, 4.69) is 15.2 Å². The zero-order chi connectivity index (χ0) is 19.4. The van der Waals surface area contributed by atoms with Gasteiger partial charge in [-0.05, 0) is 19.8 Å². The zero-order valence-corrected chi connectivity index (χ0v) is 16.3. The van der Waals surface area contributed by atoms with Gasteiger partial charge in [-0.1, -0.05) is 24.6 Å². The van der Waals surface area contributed by atoms with Crippen molar-refractivity contribution in [3.05, 3.63) is 5.89 Å². The minimum atomic E-state index is -0.593. The van der Waals surface area contributed by atoms with Crippen LogP contribution in [0.5, 0.6) is 0 Å².